The second kappa shape index (κ2) is 9.68. The van der Waals surface area contributed by atoms with Crippen LogP contribution in [-0.4, -0.2) is 23.9 Å². The molecule has 0 saturated carbocycles. The summed E-state index contributed by atoms with van der Waals surface area (Å²) in [6.45, 7) is 10.3. The third kappa shape index (κ3) is 6.86. The Kier molecular flexibility index (Phi) is 9.36. The van der Waals surface area contributed by atoms with Gasteiger partial charge in [-0.25, -0.2) is 0 Å². The van der Waals surface area contributed by atoms with Crippen LogP contribution in [0.15, 0.2) is 0 Å². The number of carbonyl (C=O) groups excluding carboxylic acids is 1. The van der Waals surface area contributed by atoms with Gasteiger partial charge in [-0.1, -0.05) is 39.5 Å². The van der Waals surface area contributed by atoms with E-state index in [0.717, 1.165) is 31.8 Å². The number of unbranched alkanes of at least 4 members (excludes halogenated alkanes) is 2. The van der Waals surface area contributed by atoms with Crippen LogP contribution in [0.2, 0.25) is 0 Å². The van der Waals surface area contributed by atoms with Gasteiger partial charge in [0.2, 0.25) is 5.91 Å². The quantitative estimate of drug-likeness (QED) is 0.548. The first-order chi connectivity index (χ1) is 7.65. The molecule has 0 heterocycles. The van der Waals surface area contributed by atoms with E-state index in [0.29, 0.717) is 5.91 Å². The number of nitrogens with zero attached hydrogens (tertiary/aromatic N) is 1. The van der Waals surface area contributed by atoms with Gasteiger partial charge in [-0.3, -0.25) is 4.79 Å². The molecule has 0 N–H and O–H groups in total. The van der Waals surface area contributed by atoms with Crippen molar-refractivity contribution >= 4 is 5.91 Å². The van der Waals surface area contributed by atoms with Gasteiger partial charge in [0.05, 0.1) is 0 Å². The van der Waals surface area contributed by atoms with Crippen LogP contribution in [0.25, 0.3) is 0 Å². The Bertz CT molecular complexity index is 176. The van der Waals surface area contributed by atoms with Gasteiger partial charge in [-0.05, 0) is 26.2 Å². The van der Waals surface area contributed by atoms with E-state index < -0.39 is 0 Å². The van der Waals surface area contributed by atoms with E-state index in [1.54, 1.807) is 0 Å². The van der Waals surface area contributed by atoms with Crippen molar-refractivity contribution in [1.29, 1.82) is 0 Å². The molecule has 1 unspecified atom stereocenters. The summed E-state index contributed by atoms with van der Waals surface area (Å²) in [4.78, 5) is 13.6. The van der Waals surface area contributed by atoms with Crippen LogP contribution >= 0.6 is 0 Å². The minimum Gasteiger partial charge on any atom is -0.343 e. The molecule has 1 amide bonds. The molecule has 0 fully saturated rings. The molecule has 0 aromatic carbocycles. The summed E-state index contributed by atoms with van der Waals surface area (Å²) in [7, 11) is 0. The molecule has 0 radical (unpaired) electrons. The topological polar surface area (TPSA) is 20.3 Å². The van der Waals surface area contributed by atoms with Crippen molar-refractivity contribution in [2.24, 2.45) is 5.92 Å². The van der Waals surface area contributed by atoms with Crippen molar-refractivity contribution in [3.8, 4) is 0 Å². The molecule has 0 spiro atoms. The Balaban J connectivity index is 3.47. The Morgan fingerprint density at radius 1 is 1.06 bits per heavy atom. The van der Waals surface area contributed by atoms with Crippen molar-refractivity contribution in [1.82, 2.24) is 4.90 Å². The molecule has 0 aromatic rings. The molecule has 0 saturated heterocycles. The second-order valence-corrected chi connectivity index (χ2v) is 4.68. The highest BCUT2D eigenvalue weighted by molar-refractivity contribution is 5.75. The van der Waals surface area contributed by atoms with Crippen LogP contribution in [0.3, 0.4) is 0 Å². The molecule has 2 nitrogen and oxygen atoms in total. The fourth-order valence-corrected chi connectivity index (χ4v) is 1.88. The van der Waals surface area contributed by atoms with Gasteiger partial charge in [0, 0.05) is 19.5 Å². The van der Waals surface area contributed by atoms with E-state index in [9.17, 15) is 4.79 Å². The minimum atomic E-state index is 0.327. The summed E-state index contributed by atoms with van der Waals surface area (Å²) in [6, 6.07) is 0. The van der Waals surface area contributed by atoms with Gasteiger partial charge in [0.1, 0.15) is 0 Å². The van der Waals surface area contributed by atoms with Gasteiger partial charge in [0.25, 0.3) is 0 Å². The van der Waals surface area contributed by atoms with Gasteiger partial charge < -0.3 is 4.90 Å². The highest BCUT2D eigenvalue weighted by Gasteiger charge is 2.08. The highest BCUT2D eigenvalue weighted by atomic mass is 16.2. The van der Waals surface area contributed by atoms with Crippen molar-refractivity contribution < 1.29 is 4.79 Å². The summed E-state index contributed by atoms with van der Waals surface area (Å²) in [6.07, 6.45) is 6.88. The summed E-state index contributed by atoms with van der Waals surface area (Å²) >= 11 is 0. The largest absolute Gasteiger partial charge is 0.343 e. The number of carbonyl (C=O) groups is 1. The average Bonchev–Trinajstić information content (AvgIpc) is 2.29. The molecule has 1 atom stereocenters. The molecule has 0 aliphatic rings. The molecule has 0 bridgehead atoms. The zero-order valence-electron chi connectivity index (χ0n) is 11.6. The van der Waals surface area contributed by atoms with Crippen LogP contribution in [0.4, 0.5) is 0 Å². The predicted octanol–water partition coefficient (Wildman–Crippen LogP) is 3.85. The average molecular weight is 227 g/mol. The molecule has 0 rings (SSSR count). The van der Waals surface area contributed by atoms with Crippen molar-refractivity contribution in [3.05, 3.63) is 0 Å². The maximum Gasteiger partial charge on any atom is 0.222 e. The first kappa shape index (κ1) is 15.5. The summed E-state index contributed by atoms with van der Waals surface area (Å²) in [5.41, 5.74) is 0. The third-order valence-corrected chi connectivity index (χ3v) is 3.40. The molecule has 0 aliphatic carbocycles. The van der Waals surface area contributed by atoms with E-state index in [-0.39, 0.29) is 0 Å². The fourth-order valence-electron chi connectivity index (χ4n) is 1.88. The lowest BCUT2D eigenvalue weighted by Crippen LogP contribution is -2.30. The van der Waals surface area contributed by atoms with Crippen molar-refractivity contribution in [2.45, 2.75) is 66.2 Å². The van der Waals surface area contributed by atoms with Crippen molar-refractivity contribution in [3.63, 3.8) is 0 Å². The second-order valence-electron chi connectivity index (χ2n) is 4.68. The van der Waals surface area contributed by atoms with Crippen LogP contribution < -0.4 is 0 Å². The lowest BCUT2D eigenvalue weighted by molar-refractivity contribution is -0.130. The van der Waals surface area contributed by atoms with Gasteiger partial charge in [-0.15, -0.1) is 0 Å². The summed E-state index contributed by atoms with van der Waals surface area (Å²) in [5, 5.41) is 0. The van der Waals surface area contributed by atoms with E-state index in [1.807, 2.05) is 18.7 Å². The molecule has 2 heteroatoms. The Labute approximate surface area is 101 Å². The van der Waals surface area contributed by atoms with Crippen LogP contribution in [-0.2, 0) is 4.79 Å². The minimum absolute atomic E-state index is 0.327. The van der Waals surface area contributed by atoms with Crippen LogP contribution in [0, 0.1) is 5.92 Å². The third-order valence-electron chi connectivity index (χ3n) is 3.40. The first-order valence-corrected chi connectivity index (χ1v) is 6.93. The Morgan fingerprint density at radius 2 is 1.69 bits per heavy atom. The molecule has 16 heavy (non-hydrogen) atoms. The summed E-state index contributed by atoms with van der Waals surface area (Å²) in [5.74, 6) is 1.17. The summed E-state index contributed by atoms with van der Waals surface area (Å²) < 4.78 is 0. The monoisotopic (exact) mass is 227 g/mol. The molecule has 0 aliphatic heterocycles. The zero-order chi connectivity index (χ0) is 12.4. The van der Waals surface area contributed by atoms with Crippen molar-refractivity contribution in [2.75, 3.05) is 13.1 Å². The van der Waals surface area contributed by atoms with Gasteiger partial charge in [-0.2, -0.15) is 0 Å². The van der Waals surface area contributed by atoms with Crippen LogP contribution in [0.5, 0.6) is 0 Å². The number of amides is 1. The maximum absolute atomic E-state index is 11.7. The molecular formula is C14H29NO. The number of hydrogen-bond acceptors (Lipinski definition) is 1. The highest BCUT2D eigenvalue weighted by Crippen LogP contribution is 2.13. The van der Waals surface area contributed by atoms with E-state index in [2.05, 4.69) is 13.8 Å². The normalized spacial score (nSPS) is 12.5. The Morgan fingerprint density at radius 3 is 2.19 bits per heavy atom. The predicted molar refractivity (Wildman–Crippen MR) is 70.5 cm³/mol. The maximum atomic E-state index is 11.7. The zero-order valence-corrected chi connectivity index (χ0v) is 11.6. The van der Waals surface area contributed by atoms with Gasteiger partial charge >= 0.3 is 0 Å². The molecular weight excluding hydrogens is 198 g/mol. The SMILES string of the molecule is CCC(C)CCCCCC(=O)N(CC)CC. The first-order valence-electron chi connectivity index (χ1n) is 6.93. The number of rotatable bonds is 9. The van der Waals surface area contributed by atoms with E-state index >= 15 is 0 Å². The standard InChI is InChI=1S/C14H29NO/c1-5-13(4)11-9-8-10-12-14(16)15(6-2)7-3/h13H,5-12H2,1-4H3. The van der Waals surface area contributed by atoms with E-state index in [1.165, 1.54) is 25.7 Å². The van der Waals surface area contributed by atoms with E-state index in [4.69, 9.17) is 0 Å². The Hall–Kier alpha value is -0.530. The van der Waals surface area contributed by atoms with Gasteiger partial charge in [0.15, 0.2) is 0 Å². The smallest absolute Gasteiger partial charge is 0.222 e. The lowest BCUT2D eigenvalue weighted by Gasteiger charge is -2.18. The fraction of sp³-hybridized carbons (Fsp3) is 0.929. The lowest BCUT2D eigenvalue weighted by atomic mass is 10.0. The molecule has 96 valence electrons. The molecule has 0 aromatic heterocycles. The van der Waals surface area contributed by atoms with Crippen LogP contribution in [0.1, 0.15) is 66.2 Å². The number of hydrogen-bond donors (Lipinski definition) is 0.